The van der Waals surface area contributed by atoms with Gasteiger partial charge in [-0.3, -0.25) is 0 Å². The van der Waals surface area contributed by atoms with E-state index < -0.39 is 0 Å². The minimum atomic E-state index is 0.120. The van der Waals surface area contributed by atoms with E-state index in [1.807, 2.05) is 4.90 Å². The standard InChI is InChI=1S/C12H23N3O/c1-2-9-8-15(7-6-11(9)13)12(16)14-10-4-3-5-10/h9-11H,2-8,13H2,1H3,(H,14,16). The molecule has 1 saturated heterocycles. The summed E-state index contributed by atoms with van der Waals surface area (Å²) in [4.78, 5) is 13.9. The maximum Gasteiger partial charge on any atom is 0.317 e. The third-order valence-corrected chi connectivity index (χ3v) is 4.04. The molecule has 0 aromatic rings. The third-order valence-electron chi connectivity index (χ3n) is 4.04. The van der Waals surface area contributed by atoms with Gasteiger partial charge in [0.1, 0.15) is 0 Å². The SMILES string of the molecule is CCC1CN(C(=O)NC2CCC2)CCC1N. The molecule has 0 aromatic carbocycles. The van der Waals surface area contributed by atoms with Crippen LogP contribution in [0.5, 0.6) is 0 Å². The van der Waals surface area contributed by atoms with E-state index in [9.17, 15) is 4.79 Å². The van der Waals surface area contributed by atoms with Crippen LogP contribution in [0.1, 0.15) is 39.0 Å². The molecule has 16 heavy (non-hydrogen) atoms. The first-order valence-electron chi connectivity index (χ1n) is 6.51. The molecule has 2 fully saturated rings. The van der Waals surface area contributed by atoms with E-state index in [1.54, 1.807) is 0 Å². The summed E-state index contributed by atoms with van der Waals surface area (Å²) in [7, 11) is 0. The van der Waals surface area contributed by atoms with Gasteiger partial charge < -0.3 is 16.0 Å². The Balaban J connectivity index is 1.81. The molecule has 1 aliphatic heterocycles. The molecule has 0 spiro atoms. The molecule has 2 aliphatic rings. The summed E-state index contributed by atoms with van der Waals surface area (Å²) in [6.45, 7) is 3.80. The van der Waals surface area contributed by atoms with Crippen LogP contribution in [0.3, 0.4) is 0 Å². The molecular weight excluding hydrogens is 202 g/mol. The smallest absolute Gasteiger partial charge is 0.317 e. The number of nitrogens with two attached hydrogens (primary N) is 1. The number of urea groups is 1. The molecule has 92 valence electrons. The molecule has 2 atom stereocenters. The lowest BCUT2D eigenvalue weighted by Crippen LogP contribution is -2.54. The molecule has 0 bridgehead atoms. The van der Waals surface area contributed by atoms with Crippen molar-refractivity contribution in [1.82, 2.24) is 10.2 Å². The average Bonchev–Trinajstić information content (AvgIpc) is 2.24. The Morgan fingerprint density at radius 2 is 2.19 bits per heavy atom. The van der Waals surface area contributed by atoms with E-state index in [0.29, 0.717) is 12.0 Å². The van der Waals surface area contributed by atoms with Crippen LogP contribution in [-0.4, -0.2) is 36.1 Å². The number of likely N-dealkylation sites (tertiary alicyclic amines) is 1. The Morgan fingerprint density at radius 1 is 1.44 bits per heavy atom. The van der Waals surface area contributed by atoms with E-state index in [1.165, 1.54) is 6.42 Å². The largest absolute Gasteiger partial charge is 0.335 e. The third kappa shape index (κ3) is 2.48. The van der Waals surface area contributed by atoms with Gasteiger partial charge in [0.05, 0.1) is 0 Å². The molecular formula is C12H23N3O. The minimum absolute atomic E-state index is 0.120. The van der Waals surface area contributed by atoms with Gasteiger partial charge >= 0.3 is 6.03 Å². The molecule has 4 heteroatoms. The highest BCUT2D eigenvalue weighted by Crippen LogP contribution is 2.21. The van der Waals surface area contributed by atoms with Gasteiger partial charge in [-0.25, -0.2) is 4.79 Å². The second-order valence-corrected chi connectivity index (χ2v) is 5.14. The van der Waals surface area contributed by atoms with Crippen LogP contribution in [0.25, 0.3) is 0 Å². The van der Waals surface area contributed by atoms with Crippen molar-refractivity contribution in [1.29, 1.82) is 0 Å². The number of amides is 2. The number of piperidine rings is 1. The topological polar surface area (TPSA) is 58.4 Å². The highest BCUT2D eigenvalue weighted by Gasteiger charge is 2.29. The predicted octanol–water partition coefficient (Wildman–Crippen LogP) is 1.31. The van der Waals surface area contributed by atoms with Gasteiger partial charge in [0.25, 0.3) is 0 Å². The molecule has 1 aliphatic carbocycles. The zero-order valence-corrected chi connectivity index (χ0v) is 10.1. The van der Waals surface area contributed by atoms with Gasteiger partial charge in [-0.1, -0.05) is 13.3 Å². The molecule has 0 radical (unpaired) electrons. The van der Waals surface area contributed by atoms with Crippen molar-refractivity contribution in [3.63, 3.8) is 0 Å². The van der Waals surface area contributed by atoms with Crippen molar-refractivity contribution >= 4 is 6.03 Å². The van der Waals surface area contributed by atoms with Crippen molar-refractivity contribution in [2.45, 2.75) is 51.1 Å². The Kier molecular flexibility index (Phi) is 3.69. The number of hydrogen-bond acceptors (Lipinski definition) is 2. The van der Waals surface area contributed by atoms with Gasteiger partial charge in [0, 0.05) is 25.2 Å². The molecule has 2 unspecified atom stereocenters. The lowest BCUT2D eigenvalue weighted by atomic mass is 9.90. The Labute approximate surface area is 97.6 Å². The van der Waals surface area contributed by atoms with Crippen molar-refractivity contribution in [2.75, 3.05) is 13.1 Å². The fourth-order valence-corrected chi connectivity index (χ4v) is 2.49. The van der Waals surface area contributed by atoms with Gasteiger partial charge in [0.15, 0.2) is 0 Å². The second kappa shape index (κ2) is 5.04. The molecule has 4 nitrogen and oxygen atoms in total. The number of hydrogen-bond donors (Lipinski definition) is 2. The number of nitrogens with zero attached hydrogens (tertiary/aromatic N) is 1. The normalized spacial score (nSPS) is 31.0. The summed E-state index contributed by atoms with van der Waals surface area (Å²) in [6, 6.07) is 0.830. The van der Waals surface area contributed by atoms with Crippen molar-refractivity contribution in [2.24, 2.45) is 11.7 Å². The summed E-state index contributed by atoms with van der Waals surface area (Å²) >= 11 is 0. The number of rotatable bonds is 2. The van der Waals surface area contributed by atoms with Crippen LogP contribution in [0, 0.1) is 5.92 Å². The van der Waals surface area contributed by atoms with E-state index in [2.05, 4.69) is 12.2 Å². The van der Waals surface area contributed by atoms with Gasteiger partial charge in [-0.05, 0) is 31.6 Å². The van der Waals surface area contributed by atoms with E-state index in [0.717, 1.165) is 38.8 Å². The quantitative estimate of drug-likeness (QED) is 0.744. The number of carbonyl (C=O) groups is 1. The molecule has 2 rings (SSSR count). The van der Waals surface area contributed by atoms with Gasteiger partial charge in [-0.15, -0.1) is 0 Å². The highest BCUT2D eigenvalue weighted by atomic mass is 16.2. The first kappa shape index (κ1) is 11.7. The first-order valence-corrected chi connectivity index (χ1v) is 6.51. The van der Waals surface area contributed by atoms with Crippen molar-refractivity contribution in [3.8, 4) is 0 Å². The Morgan fingerprint density at radius 3 is 2.75 bits per heavy atom. The van der Waals surface area contributed by atoms with E-state index in [-0.39, 0.29) is 12.1 Å². The molecule has 2 amide bonds. The lowest BCUT2D eigenvalue weighted by molar-refractivity contribution is 0.146. The monoisotopic (exact) mass is 225 g/mol. The van der Waals surface area contributed by atoms with Crippen LogP contribution < -0.4 is 11.1 Å². The van der Waals surface area contributed by atoms with Gasteiger partial charge in [-0.2, -0.15) is 0 Å². The van der Waals surface area contributed by atoms with Crippen LogP contribution in [-0.2, 0) is 0 Å². The van der Waals surface area contributed by atoms with E-state index >= 15 is 0 Å². The molecule has 0 aromatic heterocycles. The fourth-order valence-electron chi connectivity index (χ4n) is 2.49. The maximum absolute atomic E-state index is 11.9. The summed E-state index contributed by atoms with van der Waals surface area (Å²) in [6.07, 6.45) is 5.56. The number of carbonyl (C=O) groups excluding carboxylic acids is 1. The van der Waals surface area contributed by atoms with E-state index in [4.69, 9.17) is 5.73 Å². The minimum Gasteiger partial charge on any atom is -0.335 e. The number of nitrogens with one attached hydrogen (secondary N) is 1. The second-order valence-electron chi connectivity index (χ2n) is 5.14. The van der Waals surface area contributed by atoms with Crippen LogP contribution in [0.15, 0.2) is 0 Å². The summed E-state index contributed by atoms with van der Waals surface area (Å²) < 4.78 is 0. The summed E-state index contributed by atoms with van der Waals surface area (Å²) in [5.74, 6) is 0.473. The Bertz CT molecular complexity index is 253. The molecule has 1 heterocycles. The molecule has 3 N–H and O–H groups in total. The first-order chi connectivity index (χ1) is 7.70. The predicted molar refractivity (Wildman–Crippen MR) is 64.1 cm³/mol. The zero-order valence-electron chi connectivity index (χ0n) is 10.1. The lowest BCUT2D eigenvalue weighted by Gasteiger charge is -2.38. The van der Waals surface area contributed by atoms with Crippen molar-refractivity contribution < 1.29 is 4.79 Å². The zero-order chi connectivity index (χ0) is 11.5. The van der Waals surface area contributed by atoms with Crippen LogP contribution in [0.2, 0.25) is 0 Å². The summed E-state index contributed by atoms with van der Waals surface area (Å²) in [5, 5.41) is 3.09. The Hall–Kier alpha value is -0.770. The molecule has 1 saturated carbocycles. The summed E-state index contributed by atoms with van der Waals surface area (Å²) in [5.41, 5.74) is 6.03. The van der Waals surface area contributed by atoms with Crippen LogP contribution >= 0.6 is 0 Å². The average molecular weight is 225 g/mol. The maximum atomic E-state index is 11.9. The van der Waals surface area contributed by atoms with Crippen LogP contribution in [0.4, 0.5) is 4.79 Å². The highest BCUT2D eigenvalue weighted by molar-refractivity contribution is 5.74. The fraction of sp³-hybridized carbons (Fsp3) is 0.917. The van der Waals surface area contributed by atoms with Gasteiger partial charge in [0.2, 0.25) is 0 Å². The van der Waals surface area contributed by atoms with Crippen molar-refractivity contribution in [3.05, 3.63) is 0 Å².